The van der Waals surface area contributed by atoms with Crippen LogP contribution >= 0.6 is 11.6 Å². The average Bonchev–Trinajstić information content (AvgIpc) is 3.33. The normalized spacial score (nSPS) is 15.3. The number of fused-ring (bicyclic) bond motifs is 1. The monoisotopic (exact) mass is 551 g/mol. The number of nitrogens with one attached hydrogen (secondary N) is 1. The molecule has 1 unspecified atom stereocenters. The van der Waals surface area contributed by atoms with Gasteiger partial charge in [-0.25, -0.2) is 4.98 Å². The quantitative estimate of drug-likeness (QED) is 0.459. The first-order valence-corrected chi connectivity index (χ1v) is 12.0. The van der Waals surface area contributed by atoms with Crippen LogP contribution in [0.2, 0.25) is 5.02 Å². The molecule has 0 fully saturated rings. The number of hydrogen-bond acceptors (Lipinski definition) is 6. The van der Waals surface area contributed by atoms with Crippen LogP contribution in [0.1, 0.15) is 64.3 Å². The Morgan fingerprint density at radius 1 is 1.16 bits per heavy atom. The highest BCUT2D eigenvalue weighted by molar-refractivity contribution is 6.30. The molecule has 1 N–H and O–H groups in total. The highest BCUT2D eigenvalue weighted by Gasteiger charge is 2.38. The van der Waals surface area contributed by atoms with Gasteiger partial charge in [0.15, 0.2) is 5.75 Å². The van der Waals surface area contributed by atoms with Crippen LogP contribution in [0.4, 0.5) is 18.9 Å². The second kappa shape index (κ2) is 10.5. The maximum Gasteiger partial charge on any atom is 0.417 e. The van der Waals surface area contributed by atoms with Gasteiger partial charge in [0.05, 0.1) is 54.5 Å². The smallest absolute Gasteiger partial charge is 0.417 e. The molecule has 9 nitrogen and oxygen atoms in total. The van der Waals surface area contributed by atoms with Crippen LogP contribution in [0.5, 0.6) is 11.6 Å². The Labute approximate surface area is 221 Å². The third-order valence-electron chi connectivity index (χ3n) is 6.13. The molecule has 1 aromatic carbocycles. The number of pyridine rings is 1. The fraction of sp³-hybridized carbons (Fsp3) is 0.360. The van der Waals surface area contributed by atoms with Crippen molar-refractivity contribution in [2.24, 2.45) is 0 Å². The number of ether oxygens (including phenoxy) is 2. The van der Waals surface area contributed by atoms with E-state index in [1.54, 1.807) is 4.68 Å². The number of anilines is 1. The molecule has 0 bridgehead atoms. The van der Waals surface area contributed by atoms with E-state index < -0.39 is 29.3 Å². The molecule has 1 aliphatic heterocycles. The van der Waals surface area contributed by atoms with E-state index in [9.17, 15) is 22.8 Å². The highest BCUT2D eigenvalue weighted by atomic mass is 35.5. The zero-order valence-electron chi connectivity index (χ0n) is 21.0. The van der Waals surface area contributed by atoms with Gasteiger partial charge in [-0.3, -0.25) is 14.3 Å². The summed E-state index contributed by atoms with van der Waals surface area (Å²) in [6, 6.07) is 3.65. The van der Waals surface area contributed by atoms with Gasteiger partial charge in [0, 0.05) is 29.9 Å². The molecule has 2 amide bonds. The molecule has 1 aliphatic rings. The van der Waals surface area contributed by atoms with Crippen molar-refractivity contribution in [2.75, 3.05) is 25.7 Å². The zero-order valence-corrected chi connectivity index (χ0v) is 21.7. The molecule has 1 atom stereocenters. The summed E-state index contributed by atoms with van der Waals surface area (Å²) < 4.78 is 52.9. The molecular formula is C25H25ClF3N5O4. The summed E-state index contributed by atoms with van der Waals surface area (Å²) in [6.45, 7) is 3.90. The second-order valence-electron chi connectivity index (χ2n) is 8.85. The largest absolute Gasteiger partial charge is 0.491 e. The van der Waals surface area contributed by atoms with Crippen LogP contribution in [-0.2, 0) is 6.18 Å². The molecule has 202 valence electrons. The van der Waals surface area contributed by atoms with Crippen LogP contribution in [0.3, 0.4) is 0 Å². The van der Waals surface area contributed by atoms with Gasteiger partial charge in [0.25, 0.3) is 17.7 Å². The van der Waals surface area contributed by atoms with Gasteiger partial charge in [0.1, 0.15) is 0 Å². The molecule has 0 aliphatic carbocycles. The Kier molecular flexibility index (Phi) is 7.54. The number of rotatable bonds is 6. The number of carbonyl (C=O) groups is 2. The maximum absolute atomic E-state index is 13.6. The van der Waals surface area contributed by atoms with E-state index in [2.05, 4.69) is 15.4 Å². The number of hydrogen-bond donors (Lipinski definition) is 1. The number of alkyl halides is 3. The summed E-state index contributed by atoms with van der Waals surface area (Å²) in [5.74, 6) is -0.795. The van der Waals surface area contributed by atoms with Crippen LogP contribution in [0.25, 0.3) is 0 Å². The Morgan fingerprint density at radius 2 is 1.89 bits per heavy atom. The molecule has 4 rings (SSSR count). The summed E-state index contributed by atoms with van der Waals surface area (Å²) in [5, 5.41) is 6.97. The van der Waals surface area contributed by atoms with E-state index in [4.69, 9.17) is 21.1 Å². The molecule has 2 aromatic heterocycles. The van der Waals surface area contributed by atoms with Gasteiger partial charge in [0.2, 0.25) is 0 Å². The van der Waals surface area contributed by atoms with Crippen LogP contribution in [-0.4, -0.2) is 47.3 Å². The lowest BCUT2D eigenvalue weighted by Crippen LogP contribution is -2.42. The molecule has 13 heteroatoms. The Morgan fingerprint density at radius 3 is 2.53 bits per heavy atom. The van der Waals surface area contributed by atoms with E-state index in [1.165, 1.54) is 43.6 Å². The molecular weight excluding hydrogens is 527 g/mol. The maximum atomic E-state index is 13.6. The molecule has 3 aromatic rings. The van der Waals surface area contributed by atoms with Crippen molar-refractivity contribution in [3.05, 3.63) is 64.1 Å². The predicted octanol–water partition coefficient (Wildman–Crippen LogP) is 5.07. The first-order valence-electron chi connectivity index (χ1n) is 11.6. The zero-order chi connectivity index (χ0) is 27.8. The fourth-order valence-electron chi connectivity index (χ4n) is 4.38. The lowest BCUT2D eigenvalue weighted by Gasteiger charge is -2.33. The van der Waals surface area contributed by atoms with Gasteiger partial charge in [-0.15, -0.1) is 0 Å². The molecule has 0 radical (unpaired) electrons. The van der Waals surface area contributed by atoms with Crippen molar-refractivity contribution in [2.45, 2.75) is 38.5 Å². The van der Waals surface area contributed by atoms with Crippen molar-refractivity contribution in [3.8, 4) is 11.6 Å². The van der Waals surface area contributed by atoms with Crippen molar-refractivity contribution >= 4 is 29.1 Å². The van der Waals surface area contributed by atoms with E-state index >= 15 is 0 Å². The number of benzene rings is 1. The number of methoxy groups -OCH3 is 2. The van der Waals surface area contributed by atoms with Gasteiger partial charge in [-0.05, 0) is 38.5 Å². The third-order valence-corrected chi connectivity index (χ3v) is 6.36. The third kappa shape index (κ3) is 5.13. The molecule has 3 heterocycles. The van der Waals surface area contributed by atoms with Crippen molar-refractivity contribution in [3.63, 3.8) is 0 Å². The Hall–Kier alpha value is -3.80. The average molecular weight is 552 g/mol. The van der Waals surface area contributed by atoms with E-state index in [-0.39, 0.29) is 47.1 Å². The van der Waals surface area contributed by atoms with Crippen molar-refractivity contribution in [1.29, 1.82) is 0 Å². The standard InChI is InChI=1S/C25H25ClF3N5O4/c1-13(2)34-21-18(32-22(35)16-6-5-15(26)10-17(16)25(27,28)29)7-8-33(19(21)12-31-34)24(36)14-9-20(37-3)23(38-4)30-11-14/h5-6,9-13,18H,7-8H2,1-4H3,(H,32,35). The van der Waals surface area contributed by atoms with E-state index in [0.717, 1.165) is 12.1 Å². The summed E-state index contributed by atoms with van der Waals surface area (Å²) in [7, 11) is 2.86. The van der Waals surface area contributed by atoms with E-state index in [1.807, 2.05) is 13.8 Å². The van der Waals surface area contributed by atoms with Gasteiger partial charge in [-0.2, -0.15) is 18.3 Å². The van der Waals surface area contributed by atoms with Crippen molar-refractivity contribution in [1.82, 2.24) is 20.1 Å². The number of halogens is 4. The van der Waals surface area contributed by atoms with Crippen LogP contribution < -0.4 is 19.7 Å². The second-order valence-corrected chi connectivity index (χ2v) is 9.28. The van der Waals surface area contributed by atoms with Gasteiger partial charge >= 0.3 is 6.18 Å². The predicted molar refractivity (Wildman–Crippen MR) is 133 cm³/mol. The minimum Gasteiger partial charge on any atom is -0.491 e. The number of aromatic nitrogens is 3. The highest BCUT2D eigenvalue weighted by Crippen LogP contribution is 2.38. The minimum absolute atomic E-state index is 0.134. The SMILES string of the molecule is COc1cc(C(=O)N2CCC(NC(=O)c3ccc(Cl)cc3C(F)(F)F)c3c2cnn3C(C)C)cnc1OC. The summed E-state index contributed by atoms with van der Waals surface area (Å²) in [4.78, 5) is 32.2. The van der Waals surface area contributed by atoms with Gasteiger partial charge < -0.3 is 19.7 Å². The number of nitrogens with zero attached hydrogens (tertiary/aromatic N) is 4. The van der Waals surface area contributed by atoms with E-state index in [0.29, 0.717) is 11.4 Å². The molecule has 0 spiro atoms. The van der Waals surface area contributed by atoms with Crippen LogP contribution in [0.15, 0.2) is 36.7 Å². The van der Waals surface area contributed by atoms with Crippen LogP contribution in [0, 0.1) is 0 Å². The first-order chi connectivity index (χ1) is 18.0. The first kappa shape index (κ1) is 27.2. The topological polar surface area (TPSA) is 98.6 Å². The molecule has 0 saturated heterocycles. The summed E-state index contributed by atoms with van der Waals surface area (Å²) >= 11 is 5.76. The summed E-state index contributed by atoms with van der Waals surface area (Å²) in [6.07, 6.45) is -1.67. The molecule has 0 saturated carbocycles. The minimum atomic E-state index is -4.77. The number of carbonyl (C=O) groups excluding carboxylic acids is 2. The van der Waals surface area contributed by atoms with Gasteiger partial charge in [-0.1, -0.05) is 11.6 Å². The number of amides is 2. The lowest BCUT2D eigenvalue weighted by atomic mass is 10.00. The fourth-order valence-corrected chi connectivity index (χ4v) is 4.55. The Balaban J connectivity index is 1.68. The lowest BCUT2D eigenvalue weighted by molar-refractivity contribution is -0.137. The molecule has 38 heavy (non-hydrogen) atoms. The Bertz CT molecular complexity index is 1380. The van der Waals surface area contributed by atoms with Crippen molar-refractivity contribution < 1.29 is 32.2 Å². The summed E-state index contributed by atoms with van der Waals surface area (Å²) in [5.41, 5.74) is -0.502.